The van der Waals surface area contributed by atoms with Gasteiger partial charge in [0, 0.05) is 5.54 Å². The molecule has 0 aliphatic heterocycles. The zero-order valence-electron chi connectivity index (χ0n) is 10.6. The molecular formula is C10H19N5O2. The van der Waals surface area contributed by atoms with Crippen LogP contribution < -0.4 is 16.0 Å². The van der Waals surface area contributed by atoms with Crippen molar-refractivity contribution in [2.75, 3.05) is 18.9 Å². The largest absolute Gasteiger partial charge is 0.407 e. The highest BCUT2D eigenvalue weighted by atomic mass is 16.4. The van der Waals surface area contributed by atoms with Gasteiger partial charge in [-0.2, -0.15) is 0 Å². The van der Waals surface area contributed by atoms with Gasteiger partial charge in [0.2, 0.25) is 11.8 Å². The number of hydrogen-bond donors (Lipinski definition) is 3. The van der Waals surface area contributed by atoms with Crippen LogP contribution in [0, 0.1) is 0 Å². The number of nitrogens with one attached hydrogen (secondary N) is 3. The summed E-state index contributed by atoms with van der Waals surface area (Å²) in [5, 5.41) is 16.0. The van der Waals surface area contributed by atoms with Gasteiger partial charge in [-0.3, -0.25) is 4.79 Å². The van der Waals surface area contributed by atoms with Gasteiger partial charge in [-0.25, -0.2) is 0 Å². The lowest BCUT2D eigenvalue weighted by molar-refractivity contribution is -0.120. The highest BCUT2D eigenvalue weighted by Gasteiger charge is 2.14. The fourth-order valence-electron chi connectivity index (χ4n) is 1.17. The maximum atomic E-state index is 11.5. The van der Waals surface area contributed by atoms with Crippen molar-refractivity contribution >= 4 is 11.9 Å². The van der Waals surface area contributed by atoms with Crippen LogP contribution in [-0.2, 0) is 11.3 Å². The molecule has 1 aromatic heterocycles. The molecule has 17 heavy (non-hydrogen) atoms. The molecular weight excluding hydrogens is 222 g/mol. The number of amides is 1. The molecule has 0 saturated carbocycles. The molecule has 96 valence electrons. The summed E-state index contributed by atoms with van der Waals surface area (Å²) in [4.78, 5) is 11.5. The predicted octanol–water partition coefficient (Wildman–Crippen LogP) is 0.116. The second-order valence-electron chi connectivity index (χ2n) is 4.68. The summed E-state index contributed by atoms with van der Waals surface area (Å²) < 4.78 is 5.23. The molecule has 0 spiro atoms. The summed E-state index contributed by atoms with van der Waals surface area (Å²) in [7, 11) is 1.79. The minimum atomic E-state index is -0.245. The Hall–Kier alpha value is -1.63. The summed E-state index contributed by atoms with van der Waals surface area (Å²) in [6.07, 6.45) is 0. The van der Waals surface area contributed by atoms with Gasteiger partial charge in [-0.05, 0) is 27.8 Å². The Kier molecular flexibility index (Phi) is 4.45. The number of hydrogen-bond acceptors (Lipinski definition) is 6. The number of carbonyl (C=O) groups is 1. The Bertz CT molecular complexity index is 369. The highest BCUT2D eigenvalue weighted by Crippen LogP contribution is 2.04. The van der Waals surface area contributed by atoms with Gasteiger partial charge in [0.25, 0.3) is 0 Å². The van der Waals surface area contributed by atoms with Crippen molar-refractivity contribution in [2.45, 2.75) is 32.9 Å². The summed E-state index contributed by atoms with van der Waals surface area (Å²) in [6.45, 7) is 6.37. The molecule has 1 amide bonds. The molecule has 7 nitrogen and oxygen atoms in total. The first-order valence-electron chi connectivity index (χ1n) is 5.42. The molecule has 0 bridgehead atoms. The predicted molar refractivity (Wildman–Crippen MR) is 63.4 cm³/mol. The van der Waals surface area contributed by atoms with E-state index >= 15 is 0 Å². The molecule has 0 saturated heterocycles. The molecule has 7 heteroatoms. The molecule has 0 aliphatic rings. The highest BCUT2D eigenvalue weighted by molar-refractivity contribution is 5.80. The molecule has 1 heterocycles. The van der Waals surface area contributed by atoms with Crippen molar-refractivity contribution < 1.29 is 9.21 Å². The average molecular weight is 241 g/mol. The van der Waals surface area contributed by atoms with Crippen LogP contribution >= 0.6 is 0 Å². The van der Waals surface area contributed by atoms with Crippen molar-refractivity contribution in [3.05, 3.63) is 5.89 Å². The first-order valence-corrected chi connectivity index (χ1v) is 5.42. The van der Waals surface area contributed by atoms with Crippen molar-refractivity contribution in [1.29, 1.82) is 0 Å². The Morgan fingerprint density at radius 2 is 2.06 bits per heavy atom. The third kappa shape index (κ3) is 5.30. The molecule has 0 atom stereocenters. The maximum Gasteiger partial charge on any atom is 0.315 e. The Morgan fingerprint density at radius 3 is 2.65 bits per heavy atom. The van der Waals surface area contributed by atoms with Gasteiger partial charge in [-0.15, -0.1) is 5.10 Å². The monoisotopic (exact) mass is 241 g/mol. The summed E-state index contributed by atoms with van der Waals surface area (Å²) in [6, 6.07) is 0.249. The van der Waals surface area contributed by atoms with E-state index in [0.717, 1.165) is 0 Å². The summed E-state index contributed by atoms with van der Waals surface area (Å²) >= 11 is 0. The van der Waals surface area contributed by atoms with Gasteiger partial charge < -0.3 is 20.4 Å². The number of rotatable bonds is 5. The van der Waals surface area contributed by atoms with E-state index in [4.69, 9.17) is 4.42 Å². The van der Waals surface area contributed by atoms with Gasteiger partial charge in [-0.1, -0.05) is 5.10 Å². The molecule has 1 aromatic rings. The van der Waals surface area contributed by atoms with E-state index in [9.17, 15) is 4.79 Å². The van der Waals surface area contributed by atoms with Crippen LogP contribution in [0.5, 0.6) is 0 Å². The van der Waals surface area contributed by atoms with E-state index in [1.54, 1.807) is 7.05 Å². The van der Waals surface area contributed by atoms with E-state index in [2.05, 4.69) is 26.1 Å². The summed E-state index contributed by atoms with van der Waals surface area (Å²) in [5.41, 5.74) is -0.245. The SMILES string of the molecule is CNCc1nnc(NCC(=O)NC(C)(C)C)o1. The van der Waals surface area contributed by atoms with Crippen molar-refractivity contribution in [3.8, 4) is 0 Å². The van der Waals surface area contributed by atoms with Gasteiger partial charge >= 0.3 is 6.01 Å². The van der Waals surface area contributed by atoms with Crippen molar-refractivity contribution in [3.63, 3.8) is 0 Å². The third-order valence-corrected chi connectivity index (χ3v) is 1.71. The first kappa shape index (κ1) is 13.4. The maximum absolute atomic E-state index is 11.5. The number of nitrogens with zero attached hydrogens (tertiary/aromatic N) is 2. The van der Waals surface area contributed by atoms with E-state index in [0.29, 0.717) is 12.4 Å². The lowest BCUT2D eigenvalue weighted by atomic mass is 10.1. The van der Waals surface area contributed by atoms with Gasteiger partial charge in [0.1, 0.15) is 0 Å². The summed E-state index contributed by atoms with van der Waals surface area (Å²) in [5.74, 6) is 0.358. The molecule has 0 aromatic carbocycles. The van der Waals surface area contributed by atoms with Crippen LogP contribution in [-0.4, -0.2) is 35.2 Å². The molecule has 1 rings (SSSR count). The Labute approximate surface area is 100 Å². The molecule has 0 fully saturated rings. The van der Waals surface area contributed by atoms with E-state index in [1.807, 2.05) is 20.8 Å². The van der Waals surface area contributed by atoms with Crippen LogP contribution in [0.25, 0.3) is 0 Å². The normalized spacial score (nSPS) is 11.3. The lowest BCUT2D eigenvalue weighted by Crippen LogP contribution is -2.43. The van der Waals surface area contributed by atoms with Gasteiger partial charge in [0.05, 0.1) is 13.1 Å². The zero-order chi connectivity index (χ0) is 12.9. The number of carbonyl (C=O) groups excluding carboxylic acids is 1. The van der Waals surface area contributed by atoms with Crippen LogP contribution in [0.3, 0.4) is 0 Å². The van der Waals surface area contributed by atoms with Crippen LogP contribution in [0.2, 0.25) is 0 Å². The molecule has 0 radical (unpaired) electrons. The van der Waals surface area contributed by atoms with E-state index < -0.39 is 0 Å². The fraction of sp³-hybridized carbons (Fsp3) is 0.700. The van der Waals surface area contributed by atoms with Crippen molar-refractivity contribution in [2.24, 2.45) is 0 Å². The molecule has 0 unspecified atom stereocenters. The fourth-order valence-corrected chi connectivity index (χ4v) is 1.17. The second-order valence-corrected chi connectivity index (χ2v) is 4.68. The van der Waals surface area contributed by atoms with Crippen LogP contribution in [0.15, 0.2) is 4.42 Å². The third-order valence-electron chi connectivity index (χ3n) is 1.71. The smallest absolute Gasteiger partial charge is 0.315 e. The van der Waals surface area contributed by atoms with Gasteiger partial charge in [0.15, 0.2) is 0 Å². The van der Waals surface area contributed by atoms with Crippen LogP contribution in [0.1, 0.15) is 26.7 Å². The molecule has 3 N–H and O–H groups in total. The minimum absolute atomic E-state index is 0.110. The lowest BCUT2D eigenvalue weighted by Gasteiger charge is -2.20. The second kappa shape index (κ2) is 5.62. The quantitative estimate of drug-likeness (QED) is 0.678. The number of anilines is 1. The van der Waals surface area contributed by atoms with E-state index in [-0.39, 0.29) is 24.0 Å². The zero-order valence-corrected chi connectivity index (χ0v) is 10.6. The number of aromatic nitrogens is 2. The standard InChI is InChI=1S/C10H19N5O2/c1-10(2,3)13-7(16)5-12-9-15-14-8(17-9)6-11-4/h11H,5-6H2,1-4H3,(H,12,15)(H,13,16). The van der Waals surface area contributed by atoms with Crippen molar-refractivity contribution in [1.82, 2.24) is 20.8 Å². The van der Waals surface area contributed by atoms with E-state index in [1.165, 1.54) is 0 Å². The average Bonchev–Trinajstić information content (AvgIpc) is 2.61. The first-order chi connectivity index (χ1) is 7.90. The van der Waals surface area contributed by atoms with Crippen LogP contribution in [0.4, 0.5) is 6.01 Å². The Morgan fingerprint density at radius 1 is 1.35 bits per heavy atom. The Balaban J connectivity index is 2.37. The minimum Gasteiger partial charge on any atom is -0.407 e. The topological polar surface area (TPSA) is 92.1 Å². The molecule has 0 aliphatic carbocycles.